The summed E-state index contributed by atoms with van der Waals surface area (Å²) in [7, 11) is 0. The standard InChI is InChI=1S/C24H24ClFN8/c1-23(2,12-27)33-10-15-5-17(25)3-4-19(15)34-20(11-33)30-31-21(34)16-6-24(7-16)13-32(14-24)22-28-8-18(26)9-29-22/h3-5,8-9,16H,6-7,10-11,13-14H2,1-2H3. The van der Waals surface area contributed by atoms with Crippen LogP contribution in [0.5, 0.6) is 0 Å². The van der Waals surface area contributed by atoms with Crippen LogP contribution in [-0.4, -0.2) is 48.3 Å². The Hall–Kier alpha value is -3.09. The summed E-state index contributed by atoms with van der Waals surface area (Å²) in [6, 6.07) is 8.32. The Labute approximate surface area is 202 Å². The van der Waals surface area contributed by atoms with Crippen molar-refractivity contribution in [1.82, 2.24) is 29.6 Å². The summed E-state index contributed by atoms with van der Waals surface area (Å²) in [5.74, 6) is 2.27. The number of hydrogen-bond donors (Lipinski definition) is 0. The molecule has 6 rings (SSSR count). The minimum Gasteiger partial charge on any atom is -0.340 e. The quantitative estimate of drug-likeness (QED) is 0.565. The lowest BCUT2D eigenvalue weighted by molar-refractivity contribution is 0.0574. The van der Waals surface area contributed by atoms with E-state index in [1.807, 2.05) is 32.0 Å². The average molecular weight is 479 g/mol. The molecule has 1 aliphatic carbocycles. The summed E-state index contributed by atoms with van der Waals surface area (Å²) in [4.78, 5) is 12.4. The molecular weight excluding hydrogens is 455 g/mol. The first-order chi connectivity index (χ1) is 16.3. The second kappa shape index (κ2) is 7.45. The molecule has 0 atom stereocenters. The van der Waals surface area contributed by atoms with Gasteiger partial charge in [0.1, 0.15) is 11.4 Å². The Morgan fingerprint density at radius 1 is 1.15 bits per heavy atom. The van der Waals surface area contributed by atoms with Crippen molar-refractivity contribution in [3.8, 4) is 11.8 Å². The molecule has 1 saturated heterocycles. The number of hydrogen-bond acceptors (Lipinski definition) is 7. The van der Waals surface area contributed by atoms with Crippen LogP contribution in [-0.2, 0) is 13.1 Å². The van der Waals surface area contributed by atoms with Crippen molar-refractivity contribution in [2.45, 2.75) is 51.2 Å². The topological polar surface area (TPSA) is 86.8 Å². The molecule has 4 heterocycles. The third kappa shape index (κ3) is 3.36. The molecule has 10 heteroatoms. The van der Waals surface area contributed by atoms with E-state index in [-0.39, 0.29) is 5.41 Å². The average Bonchev–Trinajstić information content (AvgIpc) is 3.08. The molecule has 3 aromatic rings. The molecule has 0 bridgehead atoms. The predicted molar refractivity (Wildman–Crippen MR) is 124 cm³/mol. The Kier molecular flexibility index (Phi) is 4.70. The molecule has 34 heavy (non-hydrogen) atoms. The highest BCUT2D eigenvalue weighted by Crippen LogP contribution is 2.56. The molecule has 1 spiro atoms. The molecular formula is C24H24ClFN8. The Morgan fingerprint density at radius 3 is 2.59 bits per heavy atom. The summed E-state index contributed by atoms with van der Waals surface area (Å²) in [5, 5.41) is 19.6. The Bertz CT molecular complexity index is 1300. The minimum absolute atomic E-state index is 0.219. The molecule has 1 saturated carbocycles. The molecule has 174 valence electrons. The van der Waals surface area contributed by atoms with E-state index in [0.717, 1.165) is 48.8 Å². The second-order valence-electron chi connectivity index (χ2n) is 10.3. The zero-order chi connectivity index (χ0) is 23.7. The van der Waals surface area contributed by atoms with Crippen LogP contribution in [0.4, 0.5) is 10.3 Å². The largest absolute Gasteiger partial charge is 0.340 e. The smallest absolute Gasteiger partial charge is 0.225 e. The highest BCUT2D eigenvalue weighted by atomic mass is 35.5. The van der Waals surface area contributed by atoms with Gasteiger partial charge in [0.25, 0.3) is 0 Å². The van der Waals surface area contributed by atoms with E-state index in [4.69, 9.17) is 11.6 Å². The van der Waals surface area contributed by atoms with E-state index in [0.29, 0.717) is 30.0 Å². The number of nitriles is 1. The molecule has 2 fully saturated rings. The van der Waals surface area contributed by atoms with Crippen LogP contribution < -0.4 is 4.90 Å². The lowest BCUT2D eigenvalue weighted by Crippen LogP contribution is -2.62. The number of aromatic nitrogens is 5. The summed E-state index contributed by atoms with van der Waals surface area (Å²) >= 11 is 6.34. The second-order valence-corrected chi connectivity index (χ2v) is 10.7. The van der Waals surface area contributed by atoms with Gasteiger partial charge in [-0.3, -0.25) is 9.47 Å². The van der Waals surface area contributed by atoms with Crippen molar-refractivity contribution in [3.63, 3.8) is 0 Å². The third-order valence-corrected chi connectivity index (χ3v) is 7.70. The number of fused-ring (bicyclic) bond motifs is 3. The van der Waals surface area contributed by atoms with Crippen LogP contribution in [0.25, 0.3) is 5.69 Å². The zero-order valence-corrected chi connectivity index (χ0v) is 19.8. The molecule has 3 aliphatic rings. The maximum atomic E-state index is 13.1. The predicted octanol–water partition coefficient (Wildman–Crippen LogP) is 3.85. The highest BCUT2D eigenvalue weighted by molar-refractivity contribution is 6.30. The van der Waals surface area contributed by atoms with Crippen LogP contribution in [0.3, 0.4) is 0 Å². The number of halogens is 2. The molecule has 0 N–H and O–H groups in total. The lowest BCUT2D eigenvalue weighted by atomic mass is 9.57. The summed E-state index contributed by atoms with van der Waals surface area (Å²) in [6.07, 6.45) is 4.45. The number of nitrogens with zero attached hydrogens (tertiary/aromatic N) is 8. The summed E-state index contributed by atoms with van der Waals surface area (Å²) in [6.45, 7) is 6.73. The van der Waals surface area contributed by atoms with Crippen molar-refractivity contribution in [2.75, 3.05) is 18.0 Å². The molecule has 2 aromatic heterocycles. The van der Waals surface area contributed by atoms with E-state index in [2.05, 4.69) is 40.6 Å². The fraction of sp³-hybridized carbons (Fsp3) is 0.458. The van der Waals surface area contributed by atoms with E-state index >= 15 is 0 Å². The highest BCUT2D eigenvalue weighted by Gasteiger charge is 2.54. The van der Waals surface area contributed by atoms with E-state index in [9.17, 15) is 9.65 Å². The monoisotopic (exact) mass is 478 g/mol. The number of benzene rings is 1. The molecule has 2 aliphatic heterocycles. The van der Waals surface area contributed by atoms with Crippen molar-refractivity contribution < 1.29 is 4.39 Å². The lowest BCUT2D eigenvalue weighted by Gasteiger charge is -2.58. The van der Waals surface area contributed by atoms with Gasteiger partial charge in [0, 0.05) is 36.0 Å². The maximum absolute atomic E-state index is 13.1. The van der Waals surface area contributed by atoms with Crippen molar-refractivity contribution in [1.29, 1.82) is 5.26 Å². The molecule has 1 aromatic carbocycles. The van der Waals surface area contributed by atoms with Gasteiger partial charge >= 0.3 is 0 Å². The number of rotatable bonds is 3. The van der Waals surface area contributed by atoms with Crippen molar-refractivity contribution in [3.05, 3.63) is 58.6 Å². The van der Waals surface area contributed by atoms with Gasteiger partial charge in [-0.1, -0.05) is 11.6 Å². The molecule has 8 nitrogen and oxygen atoms in total. The number of anilines is 1. The van der Waals surface area contributed by atoms with Gasteiger partial charge in [-0.25, -0.2) is 14.4 Å². The van der Waals surface area contributed by atoms with Crippen LogP contribution in [0, 0.1) is 22.6 Å². The minimum atomic E-state index is -0.654. The van der Waals surface area contributed by atoms with Gasteiger partial charge in [-0.05, 0) is 50.5 Å². The first-order valence-electron chi connectivity index (χ1n) is 11.4. The fourth-order valence-electron chi connectivity index (χ4n) is 5.56. The maximum Gasteiger partial charge on any atom is 0.225 e. The van der Waals surface area contributed by atoms with E-state index in [1.54, 1.807) is 0 Å². The fourth-order valence-corrected chi connectivity index (χ4v) is 5.75. The van der Waals surface area contributed by atoms with Crippen LogP contribution in [0.15, 0.2) is 30.6 Å². The van der Waals surface area contributed by atoms with Gasteiger partial charge in [0.05, 0.1) is 30.7 Å². The van der Waals surface area contributed by atoms with Gasteiger partial charge in [-0.2, -0.15) is 5.26 Å². The van der Waals surface area contributed by atoms with Crippen LogP contribution in [0.2, 0.25) is 5.02 Å². The summed E-state index contributed by atoms with van der Waals surface area (Å²) < 4.78 is 15.3. The van der Waals surface area contributed by atoms with Crippen LogP contribution >= 0.6 is 11.6 Å². The Morgan fingerprint density at radius 2 is 1.88 bits per heavy atom. The molecule has 0 amide bonds. The van der Waals surface area contributed by atoms with E-state index in [1.165, 1.54) is 12.4 Å². The SMILES string of the molecule is CC(C)(C#N)N1Cc2cc(Cl)ccc2-n2c(nnc2C2CC3(C2)CN(c2ncc(F)cn2)C3)C1. The first-order valence-corrected chi connectivity index (χ1v) is 11.8. The normalized spacial score (nSPS) is 19.6. The third-order valence-electron chi connectivity index (χ3n) is 7.46. The summed E-state index contributed by atoms with van der Waals surface area (Å²) in [5.41, 5.74) is 1.66. The van der Waals surface area contributed by atoms with Gasteiger partial charge in [0.15, 0.2) is 11.6 Å². The van der Waals surface area contributed by atoms with Crippen molar-refractivity contribution in [2.24, 2.45) is 5.41 Å². The first kappa shape index (κ1) is 21.4. The van der Waals surface area contributed by atoms with Gasteiger partial charge in [-0.15, -0.1) is 10.2 Å². The van der Waals surface area contributed by atoms with Crippen LogP contribution in [0.1, 0.15) is 49.8 Å². The Balaban J connectivity index is 1.26. The van der Waals surface area contributed by atoms with Gasteiger partial charge in [0.2, 0.25) is 5.95 Å². The molecule has 0 unspecified atom stereocenters. The van der Waals surface area contributed by atoms with E-state index < -0.39 is 11.4 Å². The molecule has 0 radical (unpaired) electrons. The van der Waals surface area contributed by atoms with Crippen molar-refractivity contribution >= 4 is 17.5 Å². The zero-order valence-electron chi connectivity index (χ0n) is 19.0. The van der Waals surface area contributed by atoms with Gasteiger partial charge < -0.3 is 4.90 Å².